The van der Waals surface area contributed by atoms with Gasteiger partial charge in [-0.05, 0) is 146 Å². The topological polar surface area (TPSA) is 143 Å². The predicted octanol–water partition coefficient (Wildman–Crippen LogP) is 24.1. The molecule has 0 heterocycles. The molecule has 1 fully saturated rings. The van der Waals surface area contributed by atoms with Crippen molar-refractivity contribution in [2.24, 2.45) is 71.0 Å². The molecule has 3 aromatic carbocycles. The Labute approximate surface area is 603 Å². The molecule has 0 spiro atoms. The molecule has 0 aliphatic heterocycles. The highest BCUT2D eigenvalue weighted by atomic mass is 16.5. The quantitative estimate of drug-likeness (QED) is 0.0366. The van der Waals surface area contributed by atoms with Crippen molar-refractivity contribution in [2.75, 3.05) is 55.6 Å². The van der Waals surface area contributed by atoms with E-state index in [0.717, 1.165) is 77.0 Å². The lowest BCUT2D eigenvalue weighted by Gasteiger charge is -2.20. The van der Waals surface area contributed by atoms with E-state index in [1.165, 1.54) is 95.6 Å². The van der Waals surface area contributed by atoms with E-state index in [1.54, 1.807) is 0 Å². The van der Waals surface area contributed by atoms with Crippen LogP contribution in [0.1, 0.15) is 279 Å². The van der Waals surface area contributed by atoms with Crippen molar-refractivity contribution < 1.29 is 42.8 Å². The van der Waals surface area contributed by atoms with Crippen LogP contribution in [0.2, 0.25) is 0 Å². The van der Waals surface area contributed by atoms with Gasteiger partial charge in [-0.2, -0.15) is 0 Å². The van der Waals surface area contributed by atoms with Crippen molar-refractivity contribution in [3.8, 4) is 34.5 Å². The number of carbonyl (C=O) groups excluding carboxylic acids is 3. The van der Waals surface area contributed by atoms with Crippen molar-refractivity contribution >= 4 is 34.4 Å². The summed E-state index contributed by atoms with van der Waals surface area (Å²) in [6.07, 6.45) is 31.0. The molecule has 99 heavy (non-hydrogen) atoms. The standard InChI is InChI=1S/C87H141N3O9/c1-61(2)25-19-31-67(13)43-49-94-79-40-37-73(55-82(79)97-52-46-70(16)34-22-28-64(7)8)88-58-76-85(91)77(59-89-74-38-41-80(95-50-44-68(14)32-20-26-62(3)4)83(56-74)98-53-47-71(17)35-23-29-65(9)10)87(93)78(86(76)92)60-90-75-39-42-81(96-51-45-69(15)33-21-27-63(5)6)84(57-75)99-54-48-72(18)36-24-30-66(11)12/h37-42,55-72,88-90H,19-36,43-54H2,1-18H3. The number of ketones is 3. The largest absolute Gasteiger partial charge is 0.490 e. The molecule has 1 aliphatic carbocycles. The first-order valence-corrected chi connectivity index (χ1v) is 39.5. The third kappa shape index (κ3) is 36.0. The molecule has 1 saturated carbocycles. The van der Waals surface area contributed by atoms with Crippen molar-refractivity contribution in [1.82, 2.24) is 0 Å². The number of Topliss-reactive ketones (excluding diaryl/α,β-unsaturated/α-hetero) is 3. The van der Waals surface area contributed by atoms with E-state index in [1.807, 2.05) is 54.6 Å². The molecule has 0 radical (unpaired) electrons. The van der Waals surface area contributed by atoms with Gasteiger partial charge in [0.15, 0.2) is 34.5 Å². The molecular formula is C87H141N3O9. The molecular weight excluding hydrogens is 1230 g/mol. The summed E-state index contributed by atoms with van der Waals surface area (Å²) in [7, 11) is 0. The lowest BCUT2D eigenvalue weighted by molar-refractivity contribution is -0.124. The van der Waals surface area contributed by atoms with Gasteiger partial charge in [0.1, 0.15) is 0 Å². The maximum atomic E-state index is 14.9. The highest BCUT2D eigenvalue weighted by molar-refractivity contribution is 6.51. The first-order valence-electron chi connectivity index (χ1n) is 39.5. The smallest absolute Gasteiger partial charge is 0.203 e. The maximum absolute atomic E-state index is 14.9. The predicted molar refractivity (Wildman–Crippen MR) is 417 cm³/mol. The molecule has 3 aromatic rings. The number of rotatable bonds is 54. The summed E-state index contributed by atoms with van der Waals surface area (Å²) >= 11 is 0. The zero-order valence-electron chi connectivity index (χ0n) is 65.7. The number of nitrogens with one attached hydrogen (secondary N) is 3. The van der Waals surface area contributed by atoms with Gasteiger partial charge in [-0.1, -0.05) is 240 Å². The zero-order chi connectivity index (χ0) is 72.7. The van der Waals surface area contributed by atoms with Crippen LogP contribution >= 0.6 is 0 Å². The molecule has 0 bridgehead atoms. The van der Waals surface area contributed by atoms with E-state index in [9.17, 15) is 14.4 Å². The van der Waals surface area contributed by atoms with Gasteiger partial charge in [0, 0.05) is 53.9 Å². The van der Waals surface area contributed by atoms with Crippen LogP contribution in [0.15, 0.2) is 89.9 Å². The zero-order valence-corrected chi connectivity index (χ0v) is 65.7. The monoisotopic (exact) mass is 1370 g/mol. The van der Waals surface area contributed by atoms with Gasteiger partial charge >= 0.3 is 0 Å². The third-order valence-electron chi connectivity index (χ3n) is 19.5. The molecule has 3 N–H and O–H groups in total. The molecule has 0 saturated heterocycles. The molecule has 6 unspecified atom stereocenters. The van der Waals surface area contributed by atoms with Gasteiger partial charge in [0.2, 0.25) is 17.3 Å². The van der Waals surface area contributed by atoms with Gasteiger partial charge in [-0.3, -0.25) is 14.4 Å². The fourth-order valence-corrected chi connectivity index (χ4v) is 12.4. The Bertz CT molecular complexity index is 2540. The minimum atomic E-state index is -0.720. The summed E-state index contributed by atoms with van der Waals surface area (Å²) in [6, 6.07) is 16.9. The van der Waals surface area contributed by atoms with Crippen LogP contribution in [-0.4, -0.2) is 57.0 Å². The lowest BCUT2D eigenvalue weighted by atomic mass is 9.84. The summed E-state index contributed by atoms with van der Waals surface area (Å²) in [5.41, 5.74) is 1.14. The molecule has 6 atom stereocenters. The SMILES string of the molecule is CC(C)CCCC(C)CCOc1ccc(NC=C2C(=O)C(=CNc3ccc(OCCC(C)CCCC(C)C)c(OCCC(C)CCCC(C)C)c3)C(=O)C(=CNc3ccc(OCCC(C)CCCC(C)C)c(OCCC(C)CCCC(C)C)c3)C2=O)cc1OCCC(C)CCCC(C)C. The van der Waals surface area contributed by atoms with Crippen molar-refractivity contribution in [3.05, 3.63) is 89.9 Å². The Morgan fingerprint density at radius 2 is 0.434 bits per heavy atom. The van der Waals surface area contributed by atoms with E-state index in [-0.39, 0.29) is 16.7 Å². The number of benzene rings is 3. The van der Waals surface area contributed by atoms with Crippen LogP contribution < -0.4 is 44.4 Å². The Morgan fingerprint density at radius 3 is 0.616 bits per heavy atom. The molecule has 12 heteroatoms. The fraction of sp³-hybridized carbons (Fsp3) is 0.690. The first-order chi connectivity index (χ1) is 47.3. The fourth-order valence-electron chi connectivity index (χ4n) is 12.4. The van der Waals surface area contributed by atoms with Crippen LogP contribution in [0.5, 0.6) is 34.5 Å². The van der Waals surface area contributed by atoms with Gasteiger partial charge in [0.25, 0.3) is 0 Å². The molecule has 0 aromatic heterocycles. The molecule has 4 rings (SSSR count). The van der Waals surface area contributed by atoms with Crippen LogP contribution in [-0.2, 0) is 14.4 Å². The molecule has 12 nitrogen and oxygen atoms in total. The van der Waals surface area contributed by atoms with E-state index < -0.39 is 17.3 Å². The minimum absolute atomic E-state index is 0.206. The summed E-state index contributed by atoms with van der Waals surface area (Å²) in [5, 5.41) is 9.82. The van der Waals surface area contributed by atoms with Crippen LogP contribution in [0.25, 0.3) is 0 Å². The number of hydrogen-bond donors (Lipinski definition) is 3. The van der Waals surface area contributed by atoms with Crippen molar-refractivity contribution in [3.63, 3.8) is 0 Å². The highest BCUT2D eigenvalue weighted by Gasteiger charge is 2.39. The average molecular weight is 1370 g/mol. The van der Waals surface area contributed by atoms with Crippen LogP contribution in [0.4, 0.5) is 17.1 Å². The highest BCUT2D eigenvalue weighted by Crippen LogP contribution is 2.37. The van der Waals surface area contributed by atoms with E-state index in [0.29, 0.717) is 162 Å². The second-order valence-corrected chi connectivity index (χ2v) is 32.5. The number of hydrogen-bond acceptors (Lipinski definition) is 12. The first kappa shape index (κ1) is 85.5. The normalized spacial score (nSPS) is 14.7. The van der Waals surface area contributed by atoms with E-state index in [2.05, 4.69) is 141 Å². The number of carbonyl (C=O) groups is 3. The Morgan fingerprint density at radius 1 is 0.253 bits per heavy atom. The minimum Gasteiger partial charge on any atom is -0.490 e. The second kappa shape index (κ2) is 48.1. The molecule has 558 valence electrons. The van der Waals surface area contributed by atoms with Crippen molar-refractivity contribution in [2.45, 2.75) is 279 Å². The lowest BCUT2D eigenvalue weighted by Crippen LogP contribution is -2.33. The molecule has 0 amide bonds. The van der Waals surface area contributed by atoms with Gasteiger partial charge in [-0.15, -0.1) is 0 Å². The van der Waals surface area contributed by atoms with Gasteiger partial charge in [0.05, 0.1) is 56.4 Å². The Balaban J connectivity index is 1.76. The Hall–Kier alpha value is -5.91. The summed E-state index contributed by atoms with van der Waals surface area (Å²) in [6.45, 7) is 44.2. The van der Waals surface area contributed by atoms with Crippen LogP contribution in [0, 0.1) is 71.0 Å². The number of ether oxygens (including phenoxy) is 6. The average Bonchev–Trinajstić information content (AvgIpc) is 0.846. The van der Waals surface area contributed by atoms with Crippen molar-refractivity contribution in [1.29, 1.82) is 0 Å². The summed E-state index contributed by atoms with van der Waals surface area (Å²) in [4.78, 5) is 44.8. The summed E-state index contributed by atoms with van der Waals surface area (Å²) < 4.78 is 39.1. The maximum Gasteiger partial charge on any atom is 0.203 e. The second-order valence-electron chi connectivity index (χ2n) is 32.5. The van der Waals surface area contributed by atoms with Crippen LogP contribution in [0.3, 0.4) is 0 Å². The number of anilines is 3. The van der Waals surface area contributed by atoms with Gasteiger partial charge < -0.3 is 44.4 Å². The Kier molecular flexibility index (Phi) is 41.5. The number of allylic oxidation sites excluding steroid dienone is 3. The van der Waals surface area contributed by atoms with E-state index >= 15 is 0 Å². The molecule has 1 aliphatic rings. The van der Waals surface area contributed by atoms with E-state index in [4.69, 9.17) is 28.4 Å². The van der Waals surface area contributed by atoms with Gasteiger partial charge in [-0.25, -0.2) is 0 Å². The summed E-state index contributed by atoms with van der Waals surface area (Å²) in [5.74, 6) is 8.62. The third-order valence-corrected chi connectivity index (χ3v) is 19.5.